The third-order valence-electron chi connectivity index (χ3n) is 2.78. The first kappa shape index (κ1) is 9.45. The van der Waals surface area contributed by atoms with Gasteiger partial charge in [-0.25, -0.2) is 4.79 Å². The minimum absolute atomic E-state index is 0.0967. The van der Waals surface area contributed by atoms with Gasteiger partial charge in [-0.3, -0.25) is 9.69 Å². The molecule has 1 unspecified atom stereocenters. The molecule has 2 heterocycles. The molecule has 0 radical (unpaired) electrons. The largest absolute Gasteiger partial charge is 0.329 e. The Balaban J connectivity index is 1.89. The molecular formula is C9H15N3O2. The molecule has 0 saturated carbocycles. The molecule has 14 heavy (non-hydrogen) atoms. The number of nitrogens with one attached hydrogen (secondary N) is 2. The number of urea groups is 1. The van der Waals surface area contributed by atoms with E-state index in [1.54, 1.807) is 0 Å². The lowest BCUT2D eigenvalue weighted by atomic mass is 9.99. The summed E-state index contributed by atoms with van der Waals surface area (Å²) in [4.78, 5) is 23.8. The zero-order chi connectivity index (χ0) is 9.97. The lowest BCUT2D eigenvalue weighted by molar-refractivity contribution is -0.125. The summed E-state index contributed by atoms with van der Waals surface area (Å²) < 4.78 is 0. The normalized spacial score (nSPS) is 28.0. The van der Waals surface area contributed by atoms with Crippen LogP contribution in [-0.2, 0) is 4.79 Å². The van der Waals surface area contributed by atoms with E-state index in [4.69, 9.17) is 0 Å². The van der Waals surface area contributed by atoms with Gasteiger partial charge in [-0.1, -0.05) is 0 Å². The average Bonchev–Trinajstić information content (AvgIpc) is 2.51. The Kier molecular flexibility index (Phi) is 2.67. The minimum Gasteiger partial charge on any atom is -0.329 e. The van der Waals surface area contributed by atoms with E-state index in [0.717, 1.165) is 25.9 Å². The van der Waals surface area contributed by atoms with Crippen LogP contribution in [0.25, 0.3) is 0 Å². The van der Waals surface area contributed by atoms with Crippen molar-refractivity contribution in [2.45, 2.75) is 12.8 Å². The zero-order valence-electron chi connectivity index (χ0n) is 8.08. The Labute approximate surface area is 82.8 Å². The minimum atomic E-state index is -0.236. The van der Waals surface area contributed by atoms with Gasteiger partial charge in [-0.2, -0.15) is 0 Å². The first-order chi connectivity index (χ1) is 6.77. The highest BCUT2D eigenvalue weighted by Crippen LogP contribution is 2.13. The summed E-state index contributed by atoms with van der Waals surface area (Å²) in [5.41, 5.74) is 0. The Hall–Kier alpha value is -1.10. The average molecular weight is 197 g/mol. The predicted molar refractivity (Wildman–Crippen MR) is 50.7 cm³/mol. The molecule has 0 aliphatic carbocycles. The fourth-order valence-electron chi connectivity index (χ4n) is 1.98. The molecule has 2 rings (SSSR count). The van der Waals surface area contributed by atoms with Crippen LogP contribution in [0.2, 0.25) is 0 Å². The molecule has 0 spiro atoms. The van der Waals surface area contributed by atoms with Crippen molar-refractivity contribution in [1.29, 1.82) is 0 Å². The summed E-state index contributed by atoms with van der Waals surface area (Å²) in [5.74, 6) is 0.331. The molecule has 0 aromatic heterocycles. The van der Waals surface area contributed by atoms with E-state index >= 15 is 0 Å². The molecular weight excluding hydrogens is 182 g/mol. The first-order valence-electron chi connectivity index (χ1n) is 5.06. The topological polar surface area (TPSA) is 61.4 Å². The van der Waals surface area contributed by atoms with E-state index < -0.39 is 0 Å². The highest BCUT2D eigenvalue weighted by molar-refractivity contribution is 6.01. The first-order valence-corrected chi connectivity index (χ1v) is 5.06. The molecule has 2 fully saturated rings. The standard InChI is InChI=1S/C9H15N3O2/c13-8-5-11-9(14)12(8)6-7-2-1-3-10-4-7/h7,10H,1-6H2,(H,11,14). The number of imide groups is 1. The number of hydrogen-bond donors (Lipinski definition) is 2. The van der Waals surface area contributed by atoms with Crippen molar-refractivity contribution in [3.8, 4) is 0 Å². The van der Waals surface area contributed by atoms with Crippen LogP contribution in [0.3, 0.4) is 0 Å². The van der Waals surface area contributed by atoms with Crippen molar-refractivity contribution < 1.29 is 9.59 Å². The monoisotopic (exact) mass is 197 g/mol. The SMILES string of the molecule is O=C1CNC(=O)N1CC1CCCNC1. The van der Waals surface area contributed by atoms with Crippen molar-refractivity contribution in [3.63, 3.8) is 0 Å². The molecule has 78 valence electrons. The van der Waals surface area contributed by atoms with E-state index in [9.17, 15) is 9.59 Å². The molecule has 5 heteroatoms. The summed E-state index contributed by atoms with van der Waals surface area (Å²) in [6, 6.07) is -0.236. The molecule has 2 aliphatic heterocycles. The van der Waals surface area contributed by atoms with Crippen LogP contribution >= 0.6 is 0 Å². The predicted octanol–water partition coefficient (Wildman–Crippen LogP) is -0.462. The second-order valence-electron chi connectivity index (χ2n) is 3.88. The lowest BCUT2D eigenvalue weighted by Crippen LogP contribution is -2.41. The number of carbonyl (C=O) groups excluding carboxylic acids is 2. The van der Waals surface area contributed by atoms with Crippen molar-refractivity contribution in [1.82, 2.24) is 15.5 Å². The Morgan fingerprint density at radius 3 is 2.86 bits per heavy atom. The molecule has 0 bridgehead atoms. The highest BCUT2D eigenvalue weighted by Gasteiger charge is 2.30. The van der Waals surface area contributed by atoms with Gasteiger partial charge in [0.15, 0.2) is 0 Å². The van der Waals surface area contributed by atoms with Gasteiger partial charge in [0, 0.05) is 6.54 Å². The Morgan fingerprint density at radius 2 is 2.29 bits per heavy atom. The summed E-state index contributed by atoms with van der Waals surface area (Å²) in [6.07, 6.45) is 2.23. The quantitative estimate of drug-likeness (QED) is 0.589. The van der Waals surface area contributed by atoms with Crippen molar-refractivity contribution in [2.24, 2.45) is 5.92 Å². The van der Waals surface area contributed by atoms with E-state index in [1.807, 2.05) is 0 Å². The van der Waals surface area contributed by atoms with Gasteiger partial charge in [-0.05, 0) is 31.8 Å². The number of carbonyl (C=O) groups is 2. The third-order valence-corrected chi connectivity index (χ3v) is 2.78. The Bertz CT molecular complexity index is 232. The van der Waals surface area contributed by atoms with Crippen LogP contribution in [0.4, 0.5) is 4.79 Å². The van der Waals surface area contributed by atoms with Crippen LogP contribution in [0.15, 0.2) is 0 Å². The van der Waals surface area contributed by atoms with E-state index in [0.29, 0.717) is 12.5 Å². The molecule has 3 amide bonds. The fourth-order valence-corrected chi connectivity index (χ4v) is 1.98. The summed E-state index contributed by atoms with van der Waals surface area (Å²) in [5, 5.41) is 5.79. The van der Waals surface area contributed by atoms with Crippen LogP contribution in [0.5, 0.6) is 0 Å². The third kappa shape index (κ3) is 1.87. The van der Waals surface area contributed by atoms with Gasteiger partial charge in [0.1, 0.15) is 0 Å². The van der Waals surface area contributed by atoms with E-state index in [2.05, 4.69) is 10.6 Å². The van der Waals surface area contributed by atoms with Crippen LogP contribution in [0, 0.1) is 5.92 Å². The molecule has 0 aromatic carbocycles. The molecule has 5 nitrogen and oxygen atoms in total. The maximum atomic E-state index is 11.3. The molecule has 2 N–H and O–H groups in total. The van der Waals surface area contributed by atoms with E-state index in [-0.39, 0.29) is 18.5 Å². The summed E-state index contributed by atoms with van der Waals surface area (Å²) in [6.45, 7) is 2.70. The summed E-state index contributed by atoms with van der Waals surface area (Å²) in [7, 11) is 0. The molecule has 2 aliphatic rings. The van der Waals surface area contributed by atoms with Gasteiger partial charge in [0.2, 0.25) is 5.91 Å². The second-order valence-corrected chi connectivity index (χ2v) is 3.88. The maximum absolute atomic E-state index is 11.3. The maximum Gasteiger partial charge on any atom is 0.324 e. The smallest absolute Gasteiger partial charge is 0.324 e. The number of nitrogens with zero attached hydrogens (tertiary/aromatic N) is 1. The molecule has 0 aromatic rings. The number of rotatable bonds is 2. The van der Waals surface area contributed by atoms with Crippen molar-refractivity contribution in [3.05, 3.63) is 0 Å². The number of hydrogen-bond acceptors (Lipinski definition) is 3. The van der Waals surface area contributed by atoms with Crippen molar-refractivity contribution in [2.75, 3.05) is 26.2 Å². The van der Waals surface area contributed by atoms with Crippen molar-refractivity contribution >= 4 is 11.9 Å². The zero-order valence-corrected chi connectivity index (χ0v) is 8.08. The van der Waals surface area contributed by atoms with Gasteiger partial charge in [0.25, 0.3) is 0 Å². The molecule has 2 saturated heterocycles. The fraction of sp³-hybridized carbons (Fsp3) is 0.778. The van der Waals surface area contributed by atoms with Gasteiger partial charge in [-0.15, -0.1) is 0 Å². The van der Waals surface area contributed by atoms with Gasteiger partial charge >= 0.3 is 6.03 Å². The van der Waals surface area contributed by atoms with Crippen LogP contribution in [-0.4, -0.2) is 43.0 Å². The van der Waals surface area contributed by atoms with Gasteiger partial charge < -0.3 is 10.6 Å². The molecule has 1 atom stereocenters. The number of amides is 3. The second kappa shape index (κ2) is 3.96. The Morgan fingerprint density at radius 1 is 1.43 bits per heavy atom. The number of piperidine rings is 1. The van der Waals surface area contributed by atoms with Gasteiger partial charge in [0.05, 0.1) is 6.54 Å². The van der Waals surface area contributed by atoms with Crippen LogP contribution in [0.1, 0.15) is 12.8 Å². The lowest BCUT2D eigenvalue weighted by Gasteiger charge is -2.25. The highest BCUT2D eigenvalue weighted by atomic mass is 16.2. The van der Waals surface area contributed by atoms with Crippen LogP contribution < -0.4 is 10.6 Å². The van der Waals surface area contributed by atoms with E-state index in [1.165, 1.54) is 4.90 Å². The summed E-state index contributed by atoms with van der Waals surface area (Å²) >= 11 is 0.